The lowest BCUT2D eigenvalue weighted by Gasteiger charge is -2.29. The smallest absolute Gasteiger partial charge is 0.326 e. The fourth-order valence-electron chi connectivity index (χ4n) is 5.15. The summed E-state index contributed by atoms with van der Waals surface area (Å²) in [5.41, 5.74) is 0. The minimum Gasteiger partial charge on any atom is -0.481 e. The second-order valence-electron chi connectivity index (χ2n) is 9.93. The van der Waals surface area contributed by atoms with Crippen molar-refractivity contribution in [3.05, 3.63) is 0 Å². The van der Waals surface area contributed by atoms with Crippen LogP contribution in [0, 0.1) is 11.8 Å². The van der Waals surface area contributed by atoms with Crippen LogP contribution in [0.5, 0.6) is 0 Å². The van der Waals surface area contributed by atoms with Gasteiger partial charge in [-0.2, -0.15) is 0 Å². The van der Waals surface area contributed by atoms with Gasteiger partial charge < -0.3 is 31.1 Å². The molecule has 3 amide bonds. The summed E-state index contributed by atoms with van der Waals surface area (Å²) in [7, 11) is 0. The number of carbonyl (C=O) groups excluding carboxylic acids is 3. The van der Waals surface area contributed by atoms with E-state index in [0.29, 0.717) is 31.7 Å². The number of carboxylic acid groups (broad SMARTS) is 2. The Morgan fingerprint density at radius 3 is 2.22 bits per heavy atom. The van der Waals surface area contributed by atoms with Gasteiger partial charge in [0.25, 0.3) is 0 Å². The molecule has 5 N–H and O–H groups in total. The lowest BCUT2D eigenvalue weighted by Crippen LogP contribution is -2.55. The van der Waals surface area contributed by atoms with Crippen molar-refractivity contribution in [3.8, 4) is 0 Å². The van der Waals surface area contributed by atoms with Gasteiger partial charge in [0.2, 0.25) is 17.7 Å². The SMILES string of the molecule is CCN(CC(=O)N[C@@H](CC(=O)O)C(=O)N[C@@H](C(=O)O)C1CCCCC1)C(=O)CCCC1CCNCC1. The Kier molecular flexibility index (Phi) is 12.7. The first-order valence-corrected chi connectivity index (χ1v) is 13.2. The van der Waals surface area contributed by atoms with Crippen molar-refractivity contribution in [1.82, 2.24) is 20.9 Å². The number of carboxylic acids is 2. The first-order valence-electron chi connectivity index (χ1n) is 13.2. The van der Waals surface area contributed by atoms with E-state index in [1.807, 2.05) is 0 Å². The molecule has 1 saturated heterocycles. The number of rotatable bonds is 14. The molecular formula is C25H42N4O7. The van der Waals surface area contributed by atoms with Gasteiger partial charge in [-0.25, -0.2) is 4.79 Å². The Hall–Kier alpha value is -2.69. The molecule has 0 bridgehead atoms. The Morgan fingerprint density at radius 2 is 1.64 bits per heavy atom. The van der Waals surface area contributed by atoms with Crippen molar-refractivity contribution in [2.75, 3.05) is 26.2 Å². The Morgan fingerprint density at radius 1 is 0.972 bits per heavy atom. The van der Waals surface area contributed by atoms with Crippen molar-refractivity contribution in [1.29, 1.82) is 0 Å². The lowest BCUT2D eigenvalue weighted by molar-refractivity contribution is -0.145. The normalized spacial score (nSPS) is 18.6. The molecule has 1 aliphatic heterocycles. The number of hydrogen-bond acceptors (Lipinski definition) is 6. The summed E-state index contributed by atoms with van der Waals surface area (Å²) in [6.45, 7) is 3.76. The summed E-state index contributed by atoms with van der Waals surface area (Å²) in [5.74, 6) is -3.78. The van der Waals surface area contributed by atoms with Gasteiger partial charge in [0, 0.05) is 13.0 Å². The molecule has 2 aliphatic rings. The molecule has 0 aromatic carbocycles. The molecule has 0 aromatic rings. The predicted molar refractivity (Wildman–Crippen MR) is 132 cm³/mol. The predicted octanol–water partition coefficient (Wildman–Crippen LogP) is 1.11. The van der Waals surface area contributed by atoms with E-state index in [1.54, 1.807) is 6.92 Å². The molecule has 2 atom stereocenters. The summed E-state index contributed by atoms with van der Waals surface area (Å²) in [6.07, 6.45) is 7.63. The zero-order valence-corrected chi connectivity index (χ0v) is 21.3. The molecule has 2 rings (SSSR count). The fraction of sp³-hybridized carbons (Fsp3) is 0.800. The molecule has 11 nitrogen and oxygen atoms in total. The van der Waals surface area contributed by atoms with Gasteiger partial charge >= 0.3 is 11.9 Å². The van der Waals surface area contributed by atoms with Crippen LogP contribution in [0.15, 0.2) is 0 Å². The third-order valence-corrected chi connectivity index (χ3v) is 7.25. The number of piperidine rings is 1. The Bertz CT molecular complexity index is 764. The molecule has 0 aromatic heterocycles. The van der Waals surface area contributed by atoms with E-state index in [9.17, 15) is 34.2 Å². The second-order valence-corrected chi connectivity index (χ2v) is 9.93. The van der Waals surface area contributed by atoms with E-state index >= 15 is 0 Å². The van der Waals surface area contributed by atoms with Crippen molar-refractivity contribution in [2.24, 2.45) is 11.8 Å². The molecule has 36 heavy (non-hydrogen) atoms. The minimum atomic E-state index is -1.44. The topological polar surface area (TPSA) is 165 Å². The van der Waals surface area contributed by atoms with E-state index < -0.39 is 42.3 Å². The van der Waals surface area contributed by atoms with Gasteiger partial charge in [0.15, 0.2) is 0 Å². The summed E-state index contributed by atoms with van der Waals surface area (Å²) in [4.78, 5) is 62.6. The van der Waals surface area contributed by atoms with Crippen LogP contribution in [0.25, 0.3) is 0 Å². The summed E-state index contributed by atoms with van der Waals surface area (Å²) < 4.78 is 0. The van der Waals surface area contributed by atoms with Crippen LogP contribution in [0.3, 0.4) is 0 Å². The molecule has 204 valence electrons. The molecule has 0 spiro atoms. The number of carbonyl (C=O) groups is 5. The highest BCUT2D eigenvalue weighted by Gasteiger charge is 2.34. The van der Waals surface area contributed by atoms with Gasteiger partial charge in [-0.1, -0.05) is 19.3 Å². The van der Waals surface area contributed by atoms with Crippen LogP contribution in [-0.4, -0.2) is 83.0 Å². The van der Waals surface area contributed by atoms with Crippen molar-refractivity contribution in [2.45, 2.75) is 89.6 Å². The number of nitrogens with zero attached hydrogens (tertiary/aromatic N) is 1. The molecule has 0 unspecified atom stereocenters. The molecule has 1 heterocycles. The quantitative estimate of drug-likeness (QED) is 0.232. The third-order valence-electron chi connectivity index (χ3n) is 7.25. The largest absolute Gasteiger partial charge is 0.481 e. The number of amides is 3. The highest BCUT2D eigenvalue weighted by atomic mass is 16.4. The number of hydrogen-bond donors (Lipinski definition) is 5. The van der Waals surface area contributed by atoms with Crippen LogP contribution in [-0.2, 0) is 24.0 Å². The maximum Gasteiger partial charge on any atom is 0.326 e. The van der Waals surface area contributed by atoms with Gasteiger partial charge in [-0.05, 0) is 70.4 Å². The number of aliphatic carboxylic acids is 2. The number of nitrogens with one attached hydrogen (secondary N) is 3. The summed E-state index contributed by atoms with van der Waals surface area (Å²) in [5, 5.41) is 27.0. The molecular weight excluding hydrogens is 468 g/mol. The molecule has 0 radical (unpaired) electrons. The Labute approximate surface area is 212 Å². The maximum atomic E-state index is 12.8. The number of likely N-dealkylation sites (N-methyl/N-ethyl adjacent to an activating group) is 1. The average Bonchev–Trinajstić information content (AvgIpc) is 2.85. The van der Waals surface area contributed by atoms with Crippen LogP contribution < -0.4 is 16.0 Å². The monoisotopic (exact) mass is 510 g/mol. The zero-order chi connectivity index (χ0) is 26.5. The van der Waals surface area contributed by atoms with Gasteiger partial charge in [-0.15, -0.1) is 0 Å². The van der Waals surface area contributed by atoms with Gasteiger partial charge in [-0.3, -0.25) is 19.2 Å². The standard InChI is InChI=1S/C25H42N4O7/c1-2-29(21(31)10-6-7-17-11-13-26-14-12-17)16-20(30)27-19(15-22(32)33)24(34)28-23(25(35)36)18-8-4-3-5-9-18/h17-19,23,26H,2-16H2,1H3,(H,27,30)(H,28,34)(H,32,33)(H,35,36)/t19-,23+/m0/s1. The van der Waals surface area contributed by atoms with E-state index in [2.05, 4.69) is 16.0 Å². The second kappa shape index (κ2) is 15.4. The van der Waals surface area contributed by atoms with Crippen molar-refractivity contribution >= 4 is 29.7 Å². The summed E-state index contributed by atoms with van der Waals surface area (Å²) >= 11 is 0. The van der Waals surface area contributed by atoms with E-state index in [0.717, 1.165) is 58.0 Å². The van der Waals surface area contributed by atoms with Crippen molar-refractivity contribution in [3.63, 3.8) is 0 Å². The van der Waals surface area contributed by atoms with Crippen LogP contribution in [0.2, 0.25) is 0 Å². The molecule has 1 saturated carbocycles. The highest BCUT2D eigenvalue weighted by Crippen LogP contribution is 2.26. The minimum absolute atomic E-state index is 0.163. The van der Waals surface area contributed by atoms with Crippen LogP contribution in [0.4, 0.5) is 0 Å². The van der Waals surface area contributed by atoms with Crippen LogP contribution >= 0.6 is 0 Å². The Balaban J connectivity index is 1.90. The van der Waals surface area contributed by atoms with Crippen LogP contribution in [0.1, 0.15) is 77.6 Å². The van der Waals surface area contributed by atoms with Gasteiger partial charge in [0.05, 0.1) is 13.0 Å². The summed E-state index contributed by atoms with van der Waals surface area (Å²) in [6, 6.07) is -2.58. The van der Waals surface area contributed by atoms with E-state index in [4.69, 9.17) is 0 Å². The first-order chi connectivity index (χ1) is 17.2. The van der Waals surface area contributed by atoms with E-state index in [1.165, 1.54) is 4.90 Å². The third kappa shape index (κ3) is 10.1. The van der Waals surface area contributed by atoms with Gasteiger partial charge in [0.1, 0.15) is 12.1 Å². The molecule has 11 heteroatoms. The average molecular weight is 511 g/mol. The highest BCUT2D eigenvalue weighted by molar-refractivity contribution is 5.94. The maximum absolute atomic E-state index is 12.8. The van der Waals surface area contributed by atoms with E-state index in [-0.39, 0.29) is 18.4 Å². The van der Waals surface area contributed by atoms with Crippen molar-refractivity contribution < 1.29 is 34.2 Å². The molecule has 2 fully saturated rings. The fourth-order valence-corrected chi connectivity index (χ4v) is 5.15. The zero-order valence-electron chi connectivity index (χ0n) is 21.3. The lowest BCUT2D eigenvalue weighted by atomic mass is 9.83. The molecule has 1 aliphatic carbocycles. The first kappa shape index (κ1) is 29.5.